The Morgan fingerprint density at radius 1 is 0.886 bits per heavy atom. The number of aliphatic hydroxyl groups is 1. The first-order valence-electron chi connectivity index (χ1n) is 11.3. The molecule has 0 radical (unpaired) electrons. The fourth-order valence-electron chi connectivity index (χ4n) is 4.06. The van der Waals surface area contributed by atoms with Crippen LogP contribution in [0.5, 0.6) is 5.75 Å². The van der Waals surface area contributed by atoms with Crippen molar-refractivity contribution < 1.29 is 29.3 Å². The van der Waals surface area contributed by atoms with Gasteiger partial charge in [0.05, 0.1) is 23.8 Å². The number of aromatic carboxylic acids is 1. The second-order valence-electron chi connectivity index (χ2n) is 8.21. The Labute approximate surface area is 202 Å². The van der Waals surface area contributed by atoms with Gasteiger partial charge in [-0.1, -0.05) is 49.4 Å². The van der Waals surface area contributed by atoms with Crippen molar-refractivity contribution in [1.82, 2.24) is 4.90 Å². The fourth-order valence-corrected chi connectivity index (χ4v) is 4.06. The highest BCUT2D eigenvalue weighted by Crippen LogP contribution is 2.40. The van der Waals surface area contributed by atoms with Crippen LogP contribution >= 0.6 is 0 Å². The van der Waals surface area contributed by atoms with Gasteiger partial charge in [0, 0.05) is 12.1 Å². The third-order valence-electron chi connectivity index (χ3n) is 5.81. The monoisotopic (exact) mass is 471 g/mol. The Morgan fingerprint density at radius 3 is 2.11 bits per heavy atom. The molecule has 35 heavy (non-hydrogen) atoms. The summed E-state index contributed by atoms with van der Waals surface area (Å²) < 4.78 is 5.59. The topological polar surface area (TPSA) is 104 Å². The van der Waals surface area contributed by atoms with Crippen molar-refractivity contribution in [2.45, 2.75) is 25.9 Å². The molecule has 3 aromatic rings. The van der Waals surface area contributed by atoms with Crippen LogP contribution in [-0.2, 0) is 16.1 Å². The zero-order chi connectivity index (χ0) is 24.9. The van der Waals surface area contributed by atoms with Gasteiger partial charge in [0.2, 0.25) is 0 Å². The smallest absolute Gasteiger partial charge is 0.335 e. The van der Waals surface area contributed by atoms with Gasteiger partial charge >= 0.3 is 5.97 Å². The number of likely N-dealkylation sites (tertiary alicyclic amines) is 1. The molecule has 1 aliphatic heterocycles. The Balaban J connectivity index is 1.74. The lowest BCUT2D eigenvalue weighted by atomic mass is 9.95. The van der Waals surface area contributed by atoms with Crippen LogP contribution in [0.15, 0.2) is 84.4 Å². The number of ether oxygens (including phenoxy) is 1. The molecule has 1 heterocycles. The molecule has 4 rings (SSSR count). The van der Waals surface area contributed by atoms with Gasteiger partial charge in [-0.05, 0) is 53.9 Å². The van der Waals surface area contributed by atoms with E-state index in [1.54, 1.807) is 60.7 Å². The van der Waals surface area contributed by atoms with Crippen LogP contribution in [0, 0.1) is 0 Å². The zero-order valence-electron chi connectivity index (χ0n) is 19.2. The van der Waals surface area contributed by atoms with Crippen molar-refractivity contribution >= 4 is 23.4 Å². The number of hydrogen-bond donors (Lipinski definition) is 2. The number of hydrogen-bond acceptors (Lipinski definition) is 5. The van der Waals surface area contributed by atoms with E-state index in [4.69, 9.17) is 9.84 Å². The van der Waals surface area contributed by atoms with E-state index in [-0.39, 0.29) is 23.4 Å². The molecule has 0 saturated carbocycles. The fraction of sp³-hybridized carbons (Fsp3) is 0.179. The van der Waals surface area contributed by atoms with Crippen molar-refractivity contribution in [3.8, 4) is 5.75 Å². The van der Waals surface area contributed by atoms with Crippen molar-refractivity contribution in [2.75, 3.05) is 6.61 Å². The van der Waals surface area contributed by atoms with E-state index in [1.807, 2.05) is 13.0 Å². The number of carboxylic acids is 1. The van der Waals surface area contributed by atoms with Gasteiger partial charge in [-0.2, -0.15) is 0 Å². The van der Waals surface area contributed by atoms with Crippen molar-refractivity contribution in [1.29, 1.82) is 0 Å². The molecule has 0 spiro atoms. The third-order valence-corrected chi connectivity index (χ3v) is 5.81. The van der Waals surface area contributed by atoms with Crippen LogP contribution in [0.3, 0.4) is 0 Å². The highest BCUT2D eigenvalue weighted by molar-refractivity contribution is 6.46. The Morgan fingerprint density at radius 2 is 1.51 bits per heavy atom. The summed E-state index contributed by atoms with van der Waals surface area (Å²) in [7, 11) is 0. The molecule has 1 amide bonds. The van der Waals surface area contributed by atoms with E-state index >= 15 is 0 Å². The van der Waals surface area contributed by atoms with Crippen molar-refractivity contribution in [2.24, 2.45) is 0 Å². The first-order valence-corrected chi connectivity index (χ1v) is 11.3. The summed E-state index contributed by atoms with van der Waals surface area (Å²) >= 11 is 0. The van der Waals surface area contributed by atoms with Crippen molar-refractivity contribution in [3.63, 3.8) is 0 Å². The van der Waals surface area contributed by atoms with Crippen LogP contribution in [0.2, 0.25) is 0 Å². The summed E-state index contributed by atoms with van der Waals surface area (Å²) in [4.78, 5) is 38.8. The number of aliphatic hydroxyl groups excluding tert-OH is 1. The number of nitrogens with zero attached hydrogens (tertiary/aromatic N) is 1. The second-order valence-corrected chi connectivity index (χ2v) is 8.21. The van der Waals surface area contributed by atoms with Crippen LogP contribution in [0.1, 0.15) is 46.4 Å². The summed E-state index contributed by atoms with van der Waals surface area (Å²) in [5.74, 6) is -2.17. The van der Waals surface area contributed by atoms with Gasteiger partial charge < -0.3 is 19.8 Å². The van der Waals surface area contributed by atoms with Gasteiger partial charge in [0.1, 0.15) is 11.5 Å². The molecule has 1 aliphatic rings. The minimum absolute atomic E-state index is 0.00517. The van der Waals surface area contributed by atoms with E-state index in [1.165, 1.54) is 17.0 Å². The van der Waals surface area contributed by atoms with E-state index < -0.39 is 23.7 Å². The molecule has 1 atom stereocenters. The molecule has 7 heteroatoms. The SMILES string of the molecule is CCCOc1ccc(/C(O)=C2\C(=O)C(=O)N(Cc3ccc(C(=O)O)cc3)C2c2ccccc2)cc1. The van der Waals surface area contributed by atoms with Gasteiger partial charge in [-0.3, -0.25) is 9.59 Å². The number of benzene rings is 3. The maximum Gasteiger partial charge on any atom is 0.335 e. The number of carboxylic acid groups (broad SMARTS) is 1. The largest absolute Gasteiger partial charge is 0.507 e. The summed E-state index contributed by atoms with van der Waals surface area (Å²) in [6.45, 7) is 2.64. The molecule has 0 aromatic heterocycles. The molecule has 3 aromatic carbocycles. The first kappa shape index (κ1) is 23.8. The number of amides is 1. The lowest BCUT2D eigenvalue weighted by Gasteiger charge is -2.25. The maximum absolute atomic E-state index is 13.1. The average molecular weight is 472 g/mol. The van der Waals surface area contributed by atoms with E-state index in [2.05, 4.69) is 0 Å². The lowest BCUT2D eigenvalue weighted by molar-refractivity contribution is -0.140. The molecule has 1 fully saturated rings. The molecule has 178 valence electrons. The third kappa shape index (κ3) is 4.94. The number of carbonyl (C=O) groups excluding carboxylic acids is 2. The maximum atomic E-state index is 13.1. The molecule has 0 bridgehead atoms. The molecule has 7 nitrogen and oxygen atoms in total. The number of ketones is 1. The van der Waals surface area contributed by atoms with Gasteiger partial charge in [-0.15, -0.1) is 0 Å². The summed E-state index contributed by atoms with van der Waals surface area (Å²) in [5.41, 5.74) is 1.87. The van der Waals surface area contributed by atoms with Gasteiger partial charge in [0.15, 0.2) is 0 Å². The van der Waals surface area contributed by atoms with Crippen LogP contribution in [0.4, 0.5) is 0 Å². The van der Waals surface area contributed by atoms with Crippen LogP contribution in [0.25, 0.3) is 5.76 Å². The van der Waals surface area contributed by atoms with Gasteiger partial charge in [0.25, 0.3) is 11.7 Å². The normalized spacial score (nSPS) is 16.9. The van der Waals surface area contributed by atoms with E-state index in [0.717, 1.165) is 6.42 Å². The molecule has 0 aliphatic carbocycles. The quantitative estimate of drug-likeness (QED) is 0.278. The molecule has 1 saturated heterocycles. The first-order chi connectivity index (χ1) is 16.9. The highest BCUT2D eigenvalue weighted by Gasteiger charge is 2.46. The molecular formula is C28H25NO6. The minimum Gasteiger partial charge on any atom is -0.507 e. The highest BCUT2D eigenvalue weighted by atomic mass is 16.5. The molecule has 1 unspecified atom stereocenters. The van der Waals surface area contributed by atoms with E-state index in [9.17, 15) is 19.5 Å². The number of Topliss-reactive ketones (excluding diaryl/α,β-unsaturated/α-hetero) is 1. The lowest BCUT2D eigenvalue weighted by Crippen LogP contribution is -2.29. The van der Waals surface area contributed by atoms with Crippen LogP contribution in [-0.4, -0.2) is 39.4 Å². The van der Waals surface area contributed by atoms with Crippen molar-refractivity contribution in [3.05, 3.63) is 107 Å². The Kier molecular flexibility index (Phi) is 6.96. The Hall–Kier alpha value is -4.39. The van der Waals surface area contributed by atoms with Gasteiger partial charge in [-0.25, -0.2) is 4.79 Å². The number of carbonyl (C=O) groups is 3. The van der Waals surface area contributed by atoms with E-state index in [0.29, 0.717) is 29.0 Å². The molecular weight excluding hydrogens is 446 g/mol. The zero-order valence-corrected chi connectivity index (χ0v) is 19.2. The average Bonchev–Trinajstić information content (AvgIpc) is 3.13. The Bertz CT molecular complexity index is 1260. The summed E-state index contributed by atoms with van der Waals surface area (Å²) in [5, 5.41) is 20.3. The minimum atomic E-state index is -1.05. The predicted octanol–water partition coefficient (Wildman–Crippen LogP) is 4.80. The number of rotatable bonds is 8. The van der Waals surface area contributed by atoms with Crippen LogP contribution < -0.4 is 4.74 Å². The second kappa shape index (κ2) is 10.3. The summed E-state index contributed by atoms with van der Waals surface area (Å²) in [6, 6.07) is 21.1. The standard InChI is InChI=1S/C28H25NO6/c1-2-16-35-22-14-12-20(13-15-22)25(30)23-24(19-6-4-3-5-7-19)29(27(32)26(23)31)17-18-8-10-21(11-9-18)28(33)34/h3-15,24,30H,2,16-17H2,1H3,(H,33,34)/b25-23+. The predicted molar refractivity (Wildman–Crippen MR) is 130 cm³/mol. The molecule has 2 N–H and O–H groups in total. The summed E-state index contributed by atoms with van der Waals surface area (Å²) in [6.07, 6.45) is 0.862.